The summed E-state index contributed by atoms with van der Waals surface area (Å²) in [5.41, 5.74) is 2.36. The highest BCUT2D eigenvalue weighted by Gasteiger charge is 2.53. The molecular weight excluding hydrogens is 887 g/mol. The Morgan fingerprint density at radius 2 is 1.20 bits per heavy atom. The van der Waals surface area contributed by atoms with Crippen LogP contribution in [0.5, 0.6) is 0 Å². The van der Waals surface area contributed by atoms with E-state index in [1.165, 1.54) is 18.2 Å². The second kappa shape index (κ2) is 19.8. The average molecular weight is 954 g/mol. The Morgan fingerprint density at radius 1 is 0.657 bits per heavy atom. The first-order valence-corrected chi connectivity index (χ1v) is 24.8. The molecule has 0 bridgehead atoms. The summed E-state index contributed by atoms with van der Waals surface area (Å²) in [7, 11) is 0. The van der Waals surface area contributed by atoms with E-state index in [0.717, 1.165) is 92.8 Å². The Morgan fingerprint density at radius 3 is 1.76 bits per heavy atom. The second-order valence-corrected chi connectivity index (χ2v) is 20.9. The molecule has 0 N–H and O–H groups in total. The second-order valence-electron chi connectivity index (χ2n) is 20.9. The number of pyridine rings is 1. The normalized spacial score (nSPS) is 19.7. The maximum absolute atomic E-state index is 12.7. The number of amides is 2. The minimum Gasteiger partial charge on any atom is -0.444 e. The molecule has 4 aromatic heterocycles. The van der Waals surface area contributed by atoms with Crippen LogP contribution in [-0.4, -0.2) is 133 Å². The van der Waals surface area contributed by atoms with Gasteiger partial charge in [0.25, 0.3) is 0 Å². The van der Waals surface area contributed by atoms with Crippen LogP contribution in [0.2, 0.25) is 0 Å². The number of fused-ring (bicyclic) bond motifs is 4. The monoisotopic (exact) mass is 954 g/mol. The minimum absolute atomic E-state index is 0.00735. The predicted molar refractivity (Wildman–Crippen MR) is 265 cm³/mol. The topological polar surface area (TPSA) is 210 Å². The van der Waals surface area contributed by atoms with Gasteiger partial charge in [-0.15, -0.1) is 5.10 Å². The first-order valence-electron chi connectivity index (χ1n) is 24.8. The van der Waals surface area contributed by atoms with Crippen molar-refractivity contribution in [3.63, 3.8) is 0 Å². The number of hydrogen-bond donors (Lipinski definition) is 0. The van der Waals surface area contributed by atoms with Crippen LogP contribution in [0.15, 0.2) is 43.2 Å². The Balaban J connectivity index is 0.000000182. The molecule has 4 aromatic rings. The smallest absolute Gasteiger partial charge is 0.410 e. The third-order valence-corrected chi connectivity index (χ3v) is 13.9. The Kier molecular flexibility index (Phi) is 14.0. The summed E-state index contributed by atoms with van der Waals surface area (Å²) < 4.78 is 11.2. The van der Waals surface area contributed by atoms with Crippen molar-refractivity contribution < 1.29 is 19.1 Å². The molecule has 2 amide bonds. The lowest BCUT2D eigenvalue weighted by molar-refractivity contribution is 0.0157. The molecule has 4 fully saturated rings. The molecule has 19 nitrogen and oxygen atoms in total. The lowest BCUT2D eigenvalue weighted by atomic mass is 9.66. The van der Waals surface area contributed by atoms with Crippen molar-refractivity contribution in [1.29, 1.82) is 10.5 Å². The molecule has 19 heteroatoms. The van der Waals surface area contributed by atoms with Crippen LogP contribution in [0.25, 0.3) is 0 Å². The van der Waals surface area contributed by atoms with Crippen molar-refractivity contribution in [3.8, 4) is 12.1 Å². The zero-order chi connectivity index (χ0) is 50.0. The Labute approximate surface area is 411 Å². The van der Waals surface area contributed by atoms with Gasteiger partial charge in [-0.1, -0.05) is 26.7 Å². The SMILES string of the molecule is CC.CC(C)(C)OC(=O)N1CCCN(c2ncnc3c2C2(CCC2)CN3c2cc(C#N)ccn2)CC1.CC1CN(c2ncnc3c2C2(CCC2)CN3c2cc(C#N)cnn2)CCN1C(=O)OC(C)(C)C. The lowest BCUT2D eigenvalue weighted by Gasteiger charge is -2.43. The van der Waals surface area contributed by atoms with Gasteiger partial charge in [0.2, 0.25) is 0 Å². The van der Waals surface area contributed by atoms with Gasteiger partial charge in [0, 0.05) is 99.2 Å². The van der Waals surface area contributed by atoms with Gasteiger partial charge in [-0.2, -0.15) is 15.6 Å². The number of nitriles is 2. The van der Waals surface area contributed by atoms with E-state index in [0.29, 0.717) is 56.2 Å². The summed E-state index contributed by atoms with van der Waals surface area (Å²) in [5, 5.41) is 27.0. The summed E-state index contributed by atoms with van der Waals surface area (Å²) in [4.78, 5) is 61.1. The molecule has 2 aliphatic carbocycles. The van der Waals surface area contributed by atoms with Crippen LogP contribution in [0.1, 0.15) is 130 Å². The first-order chi connectivity index (χ1) is 33.5. The molecule has 1 unspecified atom stereocenters. The highest BCUT2D eigenvalue weighted by atomic mass is 16.6. The minimum atomic E-state index is -0.521. The number of nitrogens with zero attached hydrogens (tertiary/aromatic N) is 15. The van der Waals surface area contributed by atoms with Crippen LogP contribution in [-0.2, 0) is 20.3 Å². The van der Waals surface area contributed by atoms with E-state index in [1.54, 1.807) is 40.8 Å². The third-order valence-electron chi connectivity index (χ3n) is 13.9. The average Bonchev–Trinajstić information content (AvgIpc) is 3.77. The van der Waals surface area contributed by atoms with E-state index < -0.39 is 11.2 Å². The van der Waals surface area contributed by atoms with Gasteiger partial charge in [0.1, 0.15) is 59.0 Å². The molecule has 70 heavy (non-hydrogen) atoms. The van der Waals surface area contributed by atoms with Crippen molar-refractivity contribution >= 4 is 47.1 Å². The van der Waals surface area contributed by atoms with Crippen LogP contribution in [0.3, 0.4) is 0 Å². The summed E-state index contributed by atoms with van der Waals surface area (Å²) in [6, 6.07) is 9.65. The van der Waals surface area contributed by atoms with Crippen LogP contribution in [0, 0.1) is 22.7 Å². The molecule has 4 aliphatic heterocycles. The summed E-state index contributed by atoms with van der Waals surface area (Å²) in [6.45, 7) is 23.6. The van der Waals surface area contributed by atoms with Crippen molar-refractivity contribution in [3.05, 3.63) is 65.5 Å². The summed E-state index contributed by atoms with van der Waals surface area (Å²) in [5.74, 6) is 5.02. The van der Waals surface area contributed by atoms with E-state index in [-0.39, 0.29) is 29.1 Å². The number of anilines is 6. The van der Waals surface area contributed by atoms with Gasteiger partial charge in [-0.25, -0.2) is 34.5 Å². The van der Waals surface area contributed by atoms with Gasteiger partial charge < -0.3 is 38.9 Å². The van der Waals surface area contributed by atoms with Gasteiger partial charge in [-0.05, 0) is 92.7 Å². The fourth-order valence-corrected chi connectivity index (χ4v) is 10.5. The largest absolute Gasteiger partial charge is 0.444 e. The van der Waals surface area contributed by atoms with Crippen LogP contribution >= 0.6 is 0 Å². The number of carbonyl (C=O) groups excluding carboxylic acids is 2. The van der Waals surface area contributed by atoms with E-state index in [1.807, 2.05) is 68.4 Å². The highest BCUT2D eigenvalue weighted by Crippen LogP contribution is 2.57. The molecule has 2 spiro atoms. The summed E-state index contributed by atoms with van der Waals surface area (Å²) in [6.07, 6.45) is 13.4. The van der Waals surface area contributed by atoms with Gasteiger partial charge in [-0.3, -0.25) is 0 Å². The number of piperazine rings is 1. The first kappa shape index (κ1) is 49.5. The molecule has 1 atom stereocenters. The predicted octanol–water partition coefficient (Wildman–Crippen LogP) is 7.95. The number of rotatable bonds is 4. The van der Waals surface area contributed by atoms with E-state index in [9.17, 15) is 20.1 Å². The summed E-state index contributed by atoms with van der Waals surface area (Å²) >= 11 is 0. The van der Waals surface area contributed by atoms with Crippen LogP contribution in [0.4, 0.5) is 44.5 Å². The van der Waals surface area contributed by atoms with Crippen LogP contribution < -0.4 is 19.6 Å². The van der Waals surface area contributed by atoms with Gasteiger partial charge in [0.05, 0.1) is 23.4 Å². The van der Waals surface area contributed by atoms with Crippen molar-refractivity contribution in [2.24, 2.45) is 0 Å². The zero-order valence-electron chi connectivity index (χ0n) is 42.3. The third kappa shape index (κ3) is 9.93. The molecule has 2 saturated carbocycles. The number of carbonyl (C=O) groups is 2. The Bertz CT molecular complexity index is 2510. The fourth-order valence-electron chi connectivity index (χ4n) is 10.5. The van der Waals surface area contributed by atoms with E-state index in [2.05, 4.69) is 51.9 Å². The molecule has 0 aromatic carbocycles. The molecule has 10 rings (SSSR count). The number of hydrogen-bond acceptors (Lipinski definition) is 17. The van der Waals surface area contributed by atoms with E-state index in [4.69, 9.17) is 24.4 Å². The number of ether oxygens (including phenoxy) is 2. The van der Waals surface area contributed by atoms with Crippen molar-refractivity contribution in [2.75, 3.05) is 78.5 Å². The van der Waals surface area contributed by atoms with Gasteiger partial charge in [0.15, 0.2) is 5.82 Å². The standard InChI is InChI=1S/C25H31N7O2.C24H30N8O2.C2H6/c1-24(2,3)34-23(33)31-11-5-10-30(12-13-31)21-20-22(29-17-28-21)32(16-25(20)7-4-8-25)19-14-18(15-26)6-9-27-19;1-16-13-30(8-9-31(16)22(33)34-23(2,3)4)20-19-21(27-15-26-20)32(14-24(19)6-5-7-24)18-10-17(11-25)12-28-29-18;1-2/h6,9,14,17H,4-5,7-8,10-13,16H2,1-3H3;10,12,15-16H,5-9,13-14H2,1-4H3;1-2H3. The molecule has 6 aliphatic rings. The van der Waals surface area contributed by atoms with E-state index >= 15 is 0 Å². The zero-order valence-corrected chi connectivity index (χ0v) is 42.3. The molecule has 8 heterocycles. The highest BCUT2D eigenvalue weighted by molar-refractivity contribution is 5.77. The maximum atomic E-state index is 12.7. The quantitative estimate of drug-likeness (QED) is 0.190. The molecular formula is C51H67N15O4. The lowest BCUT2D eigenvalue weighted by Crippen LogP contribution is -2.55. The molecule has 370 valence electrons. The van der Waals surface area contributed by atoms with Crippen molar-refractivity contribution in [1.82, 2.24) is 44.9 Å². The molecule has 2 saturated heterocycles. The van der Waals surface area contributed by atoms with Gasteiger partial charge >= 0.3 is 12.2 Å². The maximum Gasteiger partial charge on any atom is 0.410 e. The van der Waals surface area contributed by atoms with Crippen molar-refractivity contribution in [2.45, 2.75) is 135 Å². The Hall–Kier alpha value is -6.89. The molecule has 0 radical (unpaired) electrons. The number of aromatic nitrogens is 7. The fraction of sp³-hybridized carbons (Fsp3) is 0.588.